The van der Waals surface area contributed by atoms with Crippen molar-refractivity contribution in [3.63, 3.8) is 0 Å². The van der Waals surface area contributed by atoms with Crippen LogP contribution in [0.3, 0.4) is 0 Å². The number of ether oxygens (including phenoxy) is 2. The highest BCUT2D eigenvalue weighted by atomic mass is 35.5. The molecule has 3 aliphatic rings. The Labute approximate surface area is 118 Å². The number of esters is 1. The summed E-state index contributed by atoms with van der Waals surface area (Å²) in [5.41, 5.74) is -1.09. The van der Waals surface area contributed by atoms with Crippen LogP contribution >= 0.6 is 11.6 Å². The number of rotatable bonds is 2. The lowest BCUT2D eigenvalue weighted by Gasteiger charge is -2.53. The van der Waals surface area contributed by atoms with E-state index < -0.39 is 11.0 Å². The first-order valence-corrected chi connectivity index (χ1v) is 7.00. The van der Waals surface area contributed by atoms with E-state index in [4.69, 9.17) is 21.1 Å². The van der Waals surface area contributed by atoms with E-state index in [9.17, 15) is 9.59 Å². The molecule has 0 radical (unpaired) electrons. The van der Waals surface area contributed by atoms with E-state index in [0.29, 0.717) is 19.0 Å². The fraction of sp³-hybridized carbons (Fsp3) is 0.846. The maximum absolute atomic E-state index is 12.0. The summed E-state index contributed by atoms with van der Waals surface area (Å²) in [6.45, 7) is 6.51. The fourth-order valence-electron chi connectivity index (χ4n) is 2.94. The average Bonchev–Trinajstić information content (AvgIpc) is 2.26. The number of alkyl halides is 1. The average molecular weight is 290 g/mol. The molecule has 1 amide bonds. The van der Waals surface area contributed by atoms with Gasteiger partial charge in [0, 0.05) is 13.1 Å². The maximum Gasteiger partial charge on any atom is 0.410 e. The number of carbonyl (C=O) groups excluding carboxylic acids is 2. The van der Waals surface area contributed by atoms with Gasteiger partial charge in [0.2, 0.25) is 0 Å². The molecule has 6 heteroatoms. The van der Waals surface area contributed by atoms with Crippen molar-refractivity contribution in [2.75, 3.05) is 19.2 Å². The van der Waals surface area contributed by atoms with Crippen molar-refractivity contribution < 1.29 is 19.1 Å². The summed E-state index contributed by atoms with van der Waals surface area (Å²) in [5, 5.41) is 0. The predicted molar refractivity (Wildman–Crippen MR) is 69.8 cm³/mol. The lowest BCUT2D eigenvalue weighted by atomic mass is 9.59. The Balaban J connectivity index is 1.99. The molecular weight excluding hydrogens is 270 g/mol. The molecule has 1 aliphatic carbocycles. The number of nitrogens with zero attached hydrogens (tertiary/aromatic N) is 1. The summed E-state index contributed by atoms with van der Waals surface area (Å²) in [5.74, 6) is 0.0659. The third-order valence-corrected chi connectivity index (χ3v) is 3.71. The van der Waals surface area contributed by atoms with Gasteiger partial charge in [-0.15, -0.1) is 0 Å². The normalized spacial score (nSPS) is 29.5. The van der Waals surface area contributed by atoms with E-state index >= 15 is 0 Å². The number of carbonyl (C=O) groups is 2. The highest BCUT2D eigenvalue weighted by molar-refractivity contribution is 6.17. The van der Waals surface area contributed by atoms with E-state index in [1.165, 1.54) is 0 Å². The number of fused-ring (bicyclic) bond motifs is 2. The molecular formula is C13H20ClNO4. The van der Waals surface area contributed by atoms with Gasteiger partial charge in [-0.1, -0.05) is 11.6 Å². The minimum absolute atomic E-state index is 0.141. The van der Waals surface area contributed by atoms with Crippen LogP contribution in [0, 0.1) is 11.3 Å². The molecule has 0 aromatic carbocycles. The Morgan fingerprint density at radius 1 is 1.37 bits per heavy atom. The van der Waals surface area contributed by atoms with Crippen LogP contribution in [0.4, 0.5) is 4.79 Å². The highest BCUT2D eigenvalue weighted by Gasteiger charge is 2.57. The van der Waals surface area contributed by atoms with Gasteiger partial charge in [-0.25, -0.2) is 4.79 Å². The summed E-state index contributed by atoms with van der Waals surface area (Å²) in [6.07, 6.45) is 1.20. The zero-order chi connectivity index (χ0) is 14.3. The van der Waals surface area contributed by atoms with Crippen molar-refractivity contribution in [3.8, 4) is 0 Å². The Hall–Kier alpha value is -0.970. The topological polar surface area (TPSA) is 55.8 Å². The fourth-order valence-corrected chi connectivity index (χ4v) is 3.04. The monoisotopic (exact) mass is 289 g/mol. The van der Waals surface area contributed by atoms with Gasteiger partial charge in [0.05, 0.1) is 5.41 Å². The molecule has 0 aromatic heterocycles. The van der Waals surface area contributed by atoms with E-state index in [1.54, 1.807) is 4.90 Å². The standard InChI is InChI=1S/C13H20ClNO4/c1-12(2,3)19-11(17)15-6-9-4-13(5-9,7-15)10(16)18-8-14/h9H,4-8H2,1-3H3. The minimum atomic E-state index is -0.561. The van der Waals surface area contributed by atoms with Crippen LogP contribution in [-0.4, -0.2) is 41.7 Å². The highest BCUT2D eigenvalue weighted by Crippen LogP contribution is 2.51. The van der Waals surface area contributed by atoms with E-state index in [2.05, 4.69) is 0 Å². The molecule has 3 fully saturated rings. The van der Waals surface area contributed by atoms with Crippen molar-refractivity contribution in [2.24, 2.45) is 11.3 Å². The Morgan fingerprint density at radius 2 is 2.00 bits per heavy atom. The lowest BCUT2D eigenvalue weighted by molar-refractivity contribution is -0.172. The molecule has 0 N–H and O–H groups in total. The molecule has 0 unspecified atom stereocenters. The van der Waals surface area contributed by atoms with Gasteiger partial charge < -0.3 is 14.4 Å². The van der Waals surface area contributed by atoms with Crippen LogP contribution in [0.2, 0.25) is 0 Å². The van der Waals surface area contributed by atoms with Crippen molar-refractivity contribution in [1.82, 2.24) is 4.90 Å². The van der Waals surface area contributed by atoms with Crippen molar-refractivity contribution in [3.05, 3.63) is 0 Å². The van der Waals surface area contributed by atoms with Gasteiger partial charge >= 0.3 is 12.1 Å². The third kappa shape index (κ3) is 2.96. The lowest BCUT2D eigenvalue weighted by Crippen LogP contribution is -2.62. The first-order chi connectivity index (χ1) is 8.76. The van der Waals surface area contributed by atoms with Crippen LogP contribution in [0.1, 0.15) is 33.6 Å². The largest absolute Gasteiger partial charge is 0.449 e. The van der Waals surface area contributed by atoms with E-state index in [1.807, 2.05) is 20.8 Å². The summed E-state index contributed by atoms with van der Waals surface area (Å²) in [7, 11) is 0. The van der Waals surface area contributed by atoms with Gasteiger partial charge in [-0.2, -0.15) is 0 Å². The van der Waals surface area contributed by atoms with Crippen molar-refractivity contribution in [1.29, 1.82) is 0 Å². The molecule has 2 heterocycles. The molecule has 1 saturated carbocycles. The number of piperidine rings is 2. The summed E-state index contributed by atoms with van der Waals surface area (Å²) in [6, 6.07) is -0.141. The first kappa shape index (κ1) is 14.4. The SMILES string of the molecule is CC(C)(C)OC(=O)N1CC2CC(C(=O)OCCl)(C2)C1. The molecule has 5 nitrogen and oxygen atoms in total. The maximum atomic E-state index is 12.0. The number of amides is 1. The molecule has 3 rings (SSSR count). The predicted octanol–water partition coefficient (Wildman–Crippen LogP) is 2.37. The van der Waals surface area contributed by atoms with Gasteiger partial charge in [0.1, 0.15) is 5.60 Å². The van der Waals surface area contributed by atoms with Crippen LogP contribution < -0.4 is 0 Å². The zero-order valence-electron chi connectivity index (χ0n) is 11.6. The summed E-state index contributed by atoms with van der Waals surface area (Å²) >= 11 is 5.43. The quantitative estimate of drug-likeness (QED) is 0.578. The molecule has 2 aliphatic heterocycles. The van der Waals surface area contributed by atoms with Gasteiger partial charge in [0.25, 0.3) is 0 Å². The molecule has 19 heavy (non-hydrogen) atoms. The molecule has 0 atom stereocenters. The smallest absolute Gasteiger partial charge is 0.410 e. The van der Waals surface area contributed by atoms with Crippen LogP contribution in [0.15, 0.2) is 0 Å². The number of hydrogen-bond donors (Lipinski definition) is 0. The third-order valence-electron chi connectivity index (χ3n) is 3.60. The van der Waals surface area contributed by atoms with Crippen LogP contribution in [0.25, 0.3) is 0 Å². The second-order valence-corrected chi connectivity index (χ2v) is 6.67. The van der Waals surface area contributed by atoms with Crippen molar-refractivity contribution in [2.45, 2.75) is 39.2 Å². The van der Waals surface area contributed by atoms with E-state index in [0.717, 1.165) is 12.8 Å². The number of halogens is 1. The van der Waals surface area contributed by atoms with Gasteiger partial charge in [-0.3, -0.25) is 4.79 Å². The van der Waals surface area contributed by atoms with E-state index in [-0.39, 0.29) is 18.1 Å². The first-order valence-electron chi connectivity index (χ1n) is 6.47. The summed E-state index contributed by atoms with van der Waals surface area (Å²) in [4.78, 5) is 25.6. The molecule has 0 aromatic rings. The Kier molecular flexibility index (Phi) is 3.69. The Bertz CT molecular complexity index is 385. The van der Waals surface area contributed by atoms with Crippen molar-refractivity contribution >= 4 is 23.7 Å². The second-order valence-electron chi connectivity index (χ2n) is 6.46. The van der Waals surface area contributed by atoms with Crippen LogP contribution in [-0.2, 0) is 14.3 Å². The second kappa shape index (κ2) is 4.85. The molecule has 2 bridgehead atoms. The summed E-state index contributed by atoms with van der Waals surface area (Å²) < 4.78 is 10.2. The minimum Gasteiger partial charge on any atom is -0.449 e. The van der Waals surface area contributed by atoms with Gasteiger partial charge in [0.15, 0.2) is 6.07 Å². The molecule has 0 spiro atoms. The Morgan fingerprint density at radius 3 is 2.53 bits per heavy atom. The van der Waals surface area contributed by atoms with Crippen LogP contribution in [0.5, 0.6) is 0 Å². The zero-order valence-corrected chi connectivity index (χ0v) is 12.3. The number of hydrogen-bond acceptors (Lipinski definition) is 4. The molecule has 108 valence electrons. The molecule has 2 saturated heterocycles. The van der Waals surface area contributed by atoms with Gasteiger partial charge in [-0.05, 0) is 39.5 Å².